The van der Waals surface area contributed by atoms with Gasteiger partial charge in [0.2, 0.25) is 0 Å². The van der Waals surface area contributed by atoms with Crippen LogP contribution in [0.15, 0.2) is 54.6 Å². The van der Waals surface area contributed by atoms with Gasteiger partial charge in [-0.1, -0.05) is 37.6 Å². The average Bonchev–Trinajstić information content (AvgIpc) is 2.55. The minimum absolute atomic E-state index is 0.0344. The second kappa shape index (κ2) is 8.72. The zero-order valence-electron chi connectivity index (χ0n) is 12.7. The van der Waals surface area contributed by atoms with E-state index in [9.17, 15) is 4.79 Å². The summed E-state index contributed by atoms with van der Waals surface area (Å²) in [6, 6.07) is 16.6. The lowest BCUT2D eigenvalue weighted by molar-refractivity contribution is -0.118. The van der Waals surface area contributed by atoms with Gasteiger partial charge in [0, 0.05) is 11.8 Å². The molecule has 0 spiro atoms. The zero-order valence-corrected chi connectivity index (χ0v) is 12.7. The van der Waals surface area contributed by atoms with Crippen LogP contribution in [-0.4, -0.2) is 19.1 Å². The van der Waals surface area contributed by atoms with Crippen LogP contribution in [0.4, 0.5) is 5.69 Å². The van der Waals surface area contributed by atoms with Crippen LogP contribution in [-0.2, 0) is 4.79 Å². The smallest absolute Gasteiger partial charge is 0.262 e. The standard InChI is InChI=1S/C18H21NO3/c1-2-3-12-21-16-10-7-11-17(13-16)22-14-18(20)19-15-8-5-4-6-9-15/h4-11,13H,2-3,12,14H2,1H3,(H,19,20). The number of hydrogen-bond donors (Lipinski definition) is 1. The van der Waals surface area contributed by atoms with Gasteiger partial charge in [0.15, 0.2) is 6.61 Å². The van der Waals surface area contributed by atoms with Crippen molar-refractivity contribution in [3.63, 3.8) is 0 Å². The fourth-order valence-corrected chi connectivity index (χ4v) is 1.86. The number of benzene rings is 2. The topological polar surface area (TPSA) is 47.6 Å². The van der Waals surface area contributed by atoms with Crippen molar-refractivity contribution in [3.8, 4) is 11.5 Å². The lowest BCUT2D eigenvalue weighted by Crippen LogP contribution is -2.20. The maximum absolute atomic E-state index is 11.8. The number of carbonyl (C=O) groups excluding carboxylic acids is 1. The fraction of sp³-hybridized carbons (Fsp3) is 0.278. The largest absolute Gasteiger partial charge is 0.493 e. The summed E-state index contributed by atoms with van der Waals surface area (Å²) in [4.78, 5) is 11.8. The van der Waals surface area contributed by atoms with Crippen LogP contribution in [0, 0.1) is 0 Å². The molecule has 4 heteroatoms. The predicted octanol–water partition coefficient (Wildman–Crippen LogP) is 3.88. The summed E-state index contributed by atoms with van der Waals surface area (Å²) in [5, 5.41) is 2.77. The van der Waals surface area contributed by atoms with Crippen molar-refractivity contribution < 1.29 is 14.3 Å². The molecule has 0 aliphatic heterocycles. The van der Waals surface area contributed by atoms with Gasteiger partial charge in [0.1, 0.15) is 11.5 Å². The summed E-state index contributed by atoms with van der Waals surface area (Å²) in [7, 11) is 0. The Labute approximate surface area is 131 Å². The van der Waals surface area contributed by atoms with Crippen molar-refractivity contribution in [1.82, 2.24) is 0 Å². The molecule has 2 rings (SSSR count). The summed E-state index contributed by atoms with van der Waals surface area (Å²) >= 11 is 0. The number of para-hydroxylation sites is 1. The van der Waals surface area contributed by atoms with Crippen molar-refractivity contribution in [1.29, 1.82) is 0 Å². The molecule has 0 atom stereocenters. The van der Waals surface area contributed by atoms with Gasteiger partial charge < -0.3 is 14.8 Å². The summed E-state index contributed by atoms with van der Waals surface area (Å²) < 4.78 is 11.1. The van der Waals surface area contributed by atoms with Crippen LogP contribution < -0.4 is 14.8 Å². The molecular formula is C18H21NO3. The quantitative estimate of drug-likeness (QED) is 0.752. The number of hydrogen-bond acceptors (Lipinski definition) is 3. The highest BCUT2D eigenvalue weighted by Crippen LogP contribution is 2.19. The number of ether oxygens (including phenoxy) is 2. The number of carbonyl (C=O) groups is 1. The second-order valence-electron chi connectivity index (χ2n) is 4.88. The Balaban J connectivity index is 1.80. The molecule has 0 heterocycles. The SMILES string of the molecule is CCCCOc1cccc(OCC(=O)Nc2ccccc2)c1. The molecule has 0 radical (unpaired) electrons. The zero-order chi connectivity index (χ0) is 15.6. The first-order valence-electron chi connectivity index (χ1n) is 7.48. The van der Waals surface area contributed by atoms with Crippen LogP contribution in [0.5, 0.6) is 11.5 Å². The van der Waals surface area contributed by atoms with Crippen molar-refractivity contribution in [2.45, 2.75) is 19.8 Å². The molecule has 2 aromatic rings. The number of unbranched alkanes of at least 4 members (excludes halogenated alkanes) is 1. The van der Waals surface area contributed by atoms with Crippen molar-refractivity contribution in [2.24, 2.45) is 0 Å². The van der Waals surface area contributed by atoms with Crippen LogP contribution >= 0.6 is 0 Å². The second-order valence-corrected chi connectivity index (χ2v) is 4.88. The number of rotatable bonds is 8. The molecule has 0 fully saturated rings. The summed E-state index contributed by atoms with van der Waals surface area (Å²) in [6.45, 7) is 2.77. The van der Waals surface area contributed by atoms with E-state index in [0.717, 1.165) is 24.3 Å². The minimum Gasteiger partial charge on any atom is -0.493 e. The van der Waals surface area contributed by atoms with E-state index in [2.05, 4.69) is 12.2 Å². The Morgan fingerprint density at radius 3 is 2.45 bits per heavy atom. The van der Waals surface area contributed by atoms with E-state index in [1.807, 2.05) is 48.5 Å². The Kier molecular flexibility index (Phi) is 6.30. The molecule has 0 aliphatic carbocycles. The Hall–Kier alpha value is -2.49. The Morgan fingerprint density at radius 1 is 1.00 bits per heavy atom. The van der Waals surface area contributed by atoms with E-state index in [0.29, 0.717) is 12.4 Å². The maximum atomic E-state index is 11.8. The van der Waals surface area contributed by atoms with E-state index in [1.54, 1.807) is 6.07 Å². The summed E-state index contributed by atoms with van der Waals surface area (Å²) in [5.74, 6) is 1.19. The molecule has 0 unspecified atom stereocenters. The highest BCUT2D eigenvalue weighted by Gasteiger charge is 2.04. The van der Waals surface area contributed by atoms with Gasteiger partial charge in [-0.2, -0.15) is 0 Å². The number of anilines is 1. The first kappa shape index (κ1) is 15.9. The van der Waals surface area contributed by atoms with E-state index in [4.69, 9.17) is 9.47 Å². The first-order valence-corrected chi connectivity index (χ1v) is 7.48. The molecule has 2 aromatic carbocycles. The van der Waals surface area contributed by atoms with Crippen molar-refractivity contribution in [3.05, 3.63) is 54.6 Å². The van der Waals surface area contributed by atoms with E-state index in [-0.39, 0.29) is 12.5 Å². The first-order chi connectivity index (χ1) is 10.8. The van der Waals surface area contributed by atoms with E-state index >= 15 is 0 Å². The normalized spacial score (nSPS) is 10.0. The lowest BCUT2D eigenvalue weighted by atomic mass is 10.3. The van der Waals surface area contributed by atoms with Crippen LogP contribution in [0.2, 0.25) is 0 Å². The third-order valence-corrected chi connectivity index (χ3v) is 3.00. The van der Waals surface area contributed by atoms with Gasteiger partial charge >= 0.3 is 0 Å². The molecule has 0 saturated carbocycles. The molecule has 0 aliphatic rings. The average molecular weight is 299 g/mol. The van der Waals surface area contributed by atoms with Crippen LogP contribution in [0.3, 0.4) is 0 Å². The van der Waals surface area contributed by atoms with Crippen LogP contribution in [0.25, 0.3) is 0 Å². The fourth-order valence-electron chi connectivity index (χ4n) is 1.86. The summed E-state index contributed by atoms with van der Waals surface area (Å²) in [5.41, 5.74) is 0.757. The predicted molar refractivity (Wildman–Crippen MR) is 87.4 cm³/mol. The maximum Gasteiger partial charge on any atom is 0.262 e. The summed E-state index contributed by atoms with van der Waals surface area (Å²) in [6.07, 6.45) is 2.11. The number of amides is 1. The highest BCUT2D eigenvalue weighted by atomic mass is 16.5. The van der Waals surface area contributed by atoms with Crippen molar-refractivity contribution >= 4 is 11.6 Å². The van der Waals surface area contributed by atoms with E-state index < -0.39 is 0 Å². The molecule has 22 heavy (non-hydrogen) atoms. The molecule has 1 amide bonds. The molecule has 4 nitrogen and oxygen atoms in total. The Bertz CT molecular complexity index is 584. The lowest BCUT2D eigenvalue weighted by Gasteiger charge is -2.09. The third kappa shape index (κ3) is 5.48. The van der Waals surface area contributed by atoms with Crippen molar-refractivity contribution in [2.75, 3.05) is 18.5 Å². The Morgan fingerprint density at radius 2 is 1.73 bits per heavy atom. The minimum atomic E-state index is -0.191. The number of nitrogens with one attached hydrogen (secondary N) is 1. The molecular weight excluding hydrogens is 278 g/mol. The third-order valence-electron chi connectivity index (χ3n) is 3.00. The molecule has 0 bridgehead atoms. The van der Waals surface area contributed by atoms with Gasteiger partial charge in [0.05, 0.1) is 6.61 Å². The molecule has 1 N–H and O–H groups in total. The monoisotopic (exact) mass is 299 g/mol. The molecule has 116 valence electrons. The van der Waals surface area contributed by atoms with Gasteiger partial charge in [-0.15, -0.1) is 0 Å². The highest BCUT2D eigenvalue weighted by molar-refractivity contribution is 5.91. The van der Waals surface area contributed by atoms with E-state index in [1.165, 1.54) is 0 Å². The van der Waals surface area contributed by atoms with Gasteiger partial charge in [-0.25, -0.2) is 0 Å². The van der Waals surface area contributed by atoms with Crippen LogP contribution in [0.1, 0.15) is 19.8 Å². The van der Waals surface area contributed by atoms with Gasteiger partial charge in [0.25, 0.3) is 5.91 Å². The molecule has 0 saturated heterocycles. The van der Waals surface area contributed by atoms with Gasteiger partial charge in [-0.3, -0.25) is 4.79 Å². The molecule has 0 aromatic heterocycles. The van der Waals surface area contributed by atoms with Gasteiger partial charge in [-0.05, 0) is 30.7 Å².